The van der Waals surface area contributed by atoms with Crippen LogP contribution in [0.1, 0.15) is 57.3 Å². The topological polar surface area (TPSA) is 49.6 Å². The Hall–Kier alpha value is -1.71. The van der Waals surface area contributed by atoms with Gasteiger partial charge in [0.15, 0.2) is 0 Å². The molecule has 1 aromatic rings. The second kappa shape index (κ2) is 8.41. The molecular weight excluding hydrogens is 298 g/mol. The van der Waals surface area contributed by atoms with Gasteiger partial charge in [0.2, 0.25) is 0 Å². The van der Waals surface area contributed by atoms with Crippen LogP contribution in [0.4, 0.5) is 11.4 Å². The number of amides is 1. The molecule has 1 fully saturated rings. The molecule has 0 aromatic heterocycles. The maximum atomic E-state index is 13.2. The summed E-state index contributed by atoms with van der Waals surface area (Å²) in [6.45, 7) is 12.4. The van der Waals surface area contributed by atoms with Crippen molar-refractivity contribution in [3.05, 3.63) is 23.8 Å². The number of anilines is 2. The highest BCUT2D eigenvalue weighted by Crippen LogP contribution is 2.28. The zero-order valence-electron chi connectivity index (χ0n) is 15.7. The standard InChI is InChI=1S/C20H33N3O/c1-5-9-22(10-6-2)19-8-7-17(21)12-18(19)20(24)23-13-15(3)11-16(4)14-23/h7-8,12,15-16H,5-6,9-11,13-14,21H2,1-4H3/t15-,16-/m0/s1. The molecule has 1 heterocycles. The summed E-state index contributed by atoms with van der Waals surface area (Å²) in [5.41, 5.74) is 8.46. The Morgan fingerprint density at radius 3 is 2.29 bits per heavy atom. The van der Waals surface area contributed by atoms with Gasteiger partial charge in [0.05, 0.1) is 5.56 Å². The number of hydrogen-bond donors (Lipinski definition) is 1. The minimum atomic E-state index is 0.132. The van der Waals surface area contributed by atoms with Crippen LogP contribution in [-0.4, -0.2) is 37.0 Å². The van der Waals surface area contributed by atoms with E-state index < -0.39 is 0 Å². The minimum Gasteiger partial charge on any atom is -0.399 e. The molecule has 2 atom stereocenters. The highest BCUT2D eigenvalue weighted by molar-refractivity contribution is 6.00. The number of benzene rings is 1. The summed E-state index contributed by atoms with van der Waals surface area (Å²) in [7, 11) is 0. The maximum Gasteiger partial charge on any atom is 0.256 e. The number of hydrogen-bond acceptors (Lipinski definition) is 3. The Morgan fingerprint density at radius 1 is 1.17 bits per heavy atom. The van der Waals surface area contributed by atoms with Gasteiger partial charge in [0.1, 0.15) is 0 Å². The average molecular weight is 332 g/mol. The Balaban J connectivity index is 2.33. The van der Waals surface area contributed by atoms with Crippen LogP contribution in [0.5, 0.6) is 0 Å². The smallest absolute Gasteiger partial charge is 0.256 e. The molecule has 0 radical (unpaired) electrons. The predicted molar refractivity (Wildman–Crippen MR) is 102 cm³/mol. The SMILES string of the molecule is CCCN(CCC)c1ccc(N)cc1C(=O)N1C[C@@H](C)C[C@H](C)C1. The van der Waals surface area contributed by atoms with Crippen molar-refractivity contribution in [2.45, 2.75) is 47.0 Å². The lowest BCUT2D eigenvalue weighted by molar-refractivity contribution is 0.0624. The van der Waals surface area contributed by atoms with Gasteiger partial charge in [-0.1, -0.05) is 27.7 Å². The monoisotopic (exact) mass is 331 g/mol. The van der Waals surface area contributed by atoms with Gasteiger partial charge >= 0.3 is 0 Å². The van der Waals surface area contributed by atoms with Crippen LogP contribution in [0.2, 0.25) is 0 Å². The lowest BCUT2D eigenvalue weighted by Gasteiger charge is -2.36. The van der Waals surface area contributed by atoms with E-state index in [1.165, 1.54) is 6.42 Å². The zero-order valence-corrected chi connectivity index (χ0v) is 15.7. The first-order valence-corrected chi connectivity index (χ1v) is 9.39. The van der Waals surface area contributed by atoms with Crippen molar-refractivity contribution in [2.24, 2.45) is 11.8 Å². The largest absolute Gasteiger partial charge is 0.399 e. The molecule has 0 bridgehead atoms. The fourth-order valence-electron chi connectivity index (χ4n) is 3.89. The third-order valence-electron chi connectivity index (χ3n) is 4.73. The fraction of sp³-hybridized carbons (Fsp3) is 0.650. The number of likely N-dealkylation sites (tertiary alicyclic amines) is 1. The summed E-state index contributed by atoms with van der Waals surface area (Å²) in [5, 5.41) is 0. The molecule has 0 spiro atoms. The van der Waals surface area contributed by atoms with E-state index in [-0.39, 0.29) is 5.91 Å². The van der Waals surface area contributed by atoms with E-state index in [1.807, 2.05) is 23.1 Å². The first-order chi connectivity index (χ1) is 11.5. The van der Waals surface area contributed by atoms with Gasteiger partial charge in [-0.2, -0.15) is 0 Å². The molecule has 1 amide bonds. The maximum absolute atomic E-state index is 13.2. The average Bonchev–Trinajstić information content (AvgIpc) is 2.53. The highest BCUT2D eigenvalue weighted by Gasteiger charge is 2.28. The van der Waals surface area contributed by atoms with Crippen molar-refractivity contribution in [1.82, 2.24) is 4.90 Å². The van der Waals surface area contributed by atoms with Gasteiger partial charge in [-0.05, 0) is 49.3 Å². The van der Waals surface area contributed by atoms with Crippen LogP contribution in [0.3, 0.4) is 0 Å². The first kappa shape index (κ1) is 18.6. The second-order valence-corrected chi connectivity index (χ2v) is 7.42. The van der Waals surface area contributed by atoms with E-state index in [0.717, 1.165) is 50.3 Å². The molecule has 1 aromatic carbocycles. The summed E-state index contributed by atoms with van der Waals surface area (Å²) in [6, 6.07) is 5.79. The number of nitrogen functional groups attached to an aromatic ring is 1. The number of carbonyl (C=O) groups is 1. The van der Waals surface area contributed by atoms with E-state index in [4.69, 9.17) is 5.73 Å². The molecule has 1 aliphatic rings. The summed E-state index contributed by atoms with van der Waals surface area (Å²) in [4.78, 5) is 17.6. The molecule has 0 aliphatic carbocycles. The van der Waals surface area contributed by atoms with E-state index in [0.29, 0.717) is 17.5 Å². The van der Waals surface area contributed by atoms with E-state index in [1.54, 1.807) is 0 Å². The summed E-state index contributed by atoms with van der Waals surface area (Å²) in [5.74, 6) is 1.25. The lowest BCUT2D eigenvalue weighted by atomic mass is 9.91. The second-order valence-electron chi connectivity index (χ2n) is 7.42. The van der Waals surface area contributed by atoms with Gasteiger partial charge in [-0.3, -0.25) is 4.79 Å². The van der Waals surface area contributed by atoms with Gasteiger partial charge in [0, 0.05) is 37.6 Å². The van der Waals surface area contributed by atoms with Crippen LogP contribution >= 0.6 is 0 Å². The predicted octanol–water partition coefficient (Wildman–Crippen LogP) is 4.01. The van der Waals surface area contributed by atoms with Gasteiger partial charge in [-0.25, -0.2) is 0 Å². The van der Waals surface area contributed by atoms with Gasteiger partial charge in [0.25, 0.3) is 5.91 Å². The molecule has 0 saturated carbocycles. The van der Waals surface area contributed by atoms with Crippen molar-refractivity contribution in [3.8, 4) is 0 Å². The molecule has 1 aliphatic heterocycles. The quantitative estimate of drug-likeness (QED) is 0.801. The number of rotatable bonds is 6. The lowest BCUT2D eigenvalue weighted by Crippen LogP contribution is -2.43. The van der Waals surface area contributed by atoms with Crippen LogP contribution in [0.15, 0.2) is 18.2 Å². The zero-order chi connectivity index (χ0) is 17.7. The van der Waals surface area contributed by atoms with E-state index in [9.17, 15) is 4.79 Å². The Bertz CT molecular complexity index is 542. The Kier molecular flexibility index (Phi) is 6.52. The van der Waals surface area contributed by atoms with Gasteiger partial charge < -0.3 is 15.5 Å². The van der Waals surface area contributed by atoms with Crippen LogP contribution < -0.4 is 10.6 Å². The molecule has 4 heteroatoms. The van der Waals surface area contributed by atoms with E-state index in [2.05, 4.69) is 32.6 Å². The third kappa shape index (κ3) is 4.43. The van der Waals surface area contributed by atoms with Crippen molar-refractivity contribution < 1.29 is 4.79 Å². The third-order valence-corrected chi connectivity index (χ3v) is 4.73. The van der Waals surface area contributed by atoms with Crippen molar-refractivity contribution in [1.29, 1.82) is 0 Å². The highest BCUT2D eigenvalue weighted by atomic mass is 16.2. The summed E-state index contributed by atoms with van der Waals surface area (Å²) < 4.78 is 0. The molecule has 2 N–H and O–H groups in total. The molecule has 2 rings (SSSR count). The van der Waals surface area contributed by atoms with Crippen LogP contribution in [0, 0.1) is 11.8 Å². The molecule has 134 valence electrons. The molecule has 1 saturated heterocycles. The van der Waals surface area contributed by atoms with Crippen molar-refractivity contribution in [2.75, 3.05) is 36.8 Å². The van der Waals surface area contributed by atoms with Crippen molar-refractivity contribution >= 4 is 17.3 Å². The minimum absolute atomic E-state index is 0.132. The first-order valence-electron chi connectivity index (χ1n) is 9.39. The molecule has 0 unspecified atom stereocenters. The van der Waals surface area contributed by atoms with Crippen LogP contribution in [0.25, 0.3) is 0 Å². The van der Waals surface area contributed by atoms with Crippen LogP contribution in [-0.2, 0) is 0 Å². The Labute approximate surface area is 147 Å². The number of piperidine rings is 1. The summed E-state index contributed by atoms with van der Waals surface area (Å²) in [6.07, 6.45) is 3.33. The number of nitrogens with two attached hydrogens (primary N) is 1. The van der Waals surface area contributed by atoms with E-state index >= 15 is 0 Å². The number of carbonyl (C=O) groups excluding carboxylic acids is 1. The fourth-order valence-corrected chi connectivity index (χ4v) is 3.89. The van der Waals surface area contributed by atoms with Gasteiger partial charge in [-0.15, -0.1) is 0 Å². The molecule has 24 heavy (non-hydrogen) atoms. The number of nitrogens with zero attached hydrogens (tertiary/aromatic N) is 2. The van der Waals surface area contributed by atoms with Crippen molar-refractivity contribution in [3.63, 3.8) is 0 Å². The normalized spacial score (nSPS) is 20.9. The molecular formula is C20H33N3O. The summed E-state index contributed by atoms with van der Waals surface area (Å²) >= 11 is 0. The molecule has 4 nitrogen and oxygen atoms in total. The Morgan fingerprint density at radius 2 is 1.75 bits per heavy atom.